The van der Waals surface area contributed by atoms with Crippen molar-refractivity contribution in [2.75, 3.05) is 13.1 Å². The Morgan fingerprint density at radius 1 is 1.13 bits per heavy atom. The molecule has 1 aliphatic carbocycles. The van der Waals surface area contributed by atoms with Gasteiger partial charge in [-0.25, -0.2) is 0 Å². The van der Waals surface area contributed by atoms with E-state index in [9.17, 15) is 0 Å². The predicted octanol–water partition coefficient (Wildman–Crippen LogP) is 2.63. The van der Waals surface area contributed by atoms with Crippen LogP contribution in [0.1, 0.15) is 24.0 Å². The molecule has 78 valence electrons. The van der Waals surface area contributed by atoms with Crippen LogP contribution < -0.4 is 5.32 Å². The molecule has 0 bridgehead atoms. The molecule has 1 N–H and O–H groups in total. The topological polar surface area (TPSA) is 12.0 Å². The fourth-order valence-electron chi connectivity index (χ4n) is 2.77. The second kappa shape index (κ2) is 3.82. The van der Waals surface area contributed by atoms with Crippen molar-refractivity contribution in [3.05, 3.63) is 41.0 Å². The van der Waals surface area contributed by atoms with Gasteiger partial charge in [-0.1, -0.05) is 35.9 Å². The average Bonchev–Trinajstić information content (AvgIpc) is 2.48. The Morgan fingerprint density at radius 2 is 2.07 bits per heavy atom. The molecule has 1 unspecified atom stereocenters. The molecule has 0 saturated carbocycles. The summed E-state index contributed by atoms with van der Waals surface area (Å²) >= 11 is 0. The molecular weight excluding hydrogens is 182 g/mol. The first-order chi connectivity index (χ1) is 7.43. The molecule has 15 heavy (non-hydrogen) atoms. The van der Waals surface area contributed by atoms with E-state index in [0.717, 1.165) is 12.5 Å². The molecule has 1 saturated heterocycles. The minimum atomic E-state index is 0.832. The average molecular weight is 199 g/mol. The van der Waals surface area contributed by atoms with Gasteiger partial charge in [0.15, 0.2) is 0 Å². The Kier molecular flexibility index (Phi) is 2.34. The molecule has 1 heteroatoms. The fourth-order valence-corrected chi connectivity index (χ4v) is 2.77. The predicted molar refractivity (Wildman–Crippen MR) is 63.7 cm³/mol. The largest absolute Gasteiger partial charge is 0.313 e. The van der Waals surface area contributed by atoms with Crippen molar-refractivity contribution in [1.29, 1.82) is 0 Å². The number of aryl methyl sites for hydroxylation is 1. The van der Waals surface area contributed by atoms with Crippen LogP contribution in [0.5, 0.6) is 0 Å². The molecule has 0 radical (unpaired) electrons. The highest BCUT2D eigenvalue weighted by Crippen LogP contribution is 2.30. The third-order valence-corrected chi connectivity index (χ3v) is 3.68. The van der Waals surface area contributed by atoms with Crippen molar-refractivity contribution in [1.82, 2.24) is 5.32 Å². The number of hydrogen-bond acceptors (Lipinski definition) is 1. The van der Waals surface area contributed by atoms with E-state index in [1.807, 2.05) is 0 Å². The molecular formula is C14H17N. The normalized spacial score (nSPS) is 24.8. The molecule has 3 rings (SSSR count). The van der Waals surface area contributed by atoms with E-state index in [4.69, 9.17) is 0 Å². The highest BCUT2D eigenvalue weighted by molar-refractivity contribution is 5.59. The lowest BCUT2D eigenvalue weighted by Crippen LogP contribution is -2.30. The van der Waals surface area contributed by atoms with Crippen molar-refractivity contribution in [3.63, 3.8) is 0 Å². The Morgan fingerprint density at radius 3 is 3.07 bits per heavy atom. The van der Waals surface area contributed by atoms with Gasteiger partial charge in [0, 0.05) is 6.54 Å². The molecule has 1 aromatic carbocycles. The number of piperidine rings is 1. The van der Waals surface area contributed by atoms with E-state index >= 15 is 0 Å². The zero-order chi connectivity index (χ0) is 10.1. The highest BCUT2D eigenvalue weighted by Gasteiger charge is 2.21. The molecule has 0 amide bonds. The number of benzene rings is 1. The van der Waals surface area contributed by atoms with E-state index in [-0.39, 0.29) is 0 Å². The molecule has 1 aromatic rings. The van der Waals surface area contributed by atoms with Gasteiger partial charge >= 0.3 is 0 Å². The summed E-state index contributed by atoms with van der Waals surface area (Å²) in [5, 5.41) is 3.47. The van der Waals surface area contributed by atoms with E-state index in [1.54, 1.807) is 5.57 Å². The van der Waals surface area contributed by atoms with Crippen molar-refractivity contribution >= 4 is 6.08 Å². The van der Waals surface area contributed by atoms with Crippen LogP contribution >= 0.6 is 0 Å². The highest BCUT2D eigenvalue weighted by atomic mass is 14.9. The quantitative estimate of drug-likeness (QED) is 0.677. The van der Waals surface area contributed by atoms with Gasteiger partial charge in [-0.05, 0) is 42.9 Å². The maximum atomic E-state index is 3.47. The maximum Gasteiger partial charge on any atom is 0.0170 e. The van der Waals surface area contributed by atoms with Gasteiger partial charge in [-0.3, -0.25) is 0 Å². The summed E-state index contributed by atoms with van der Waals surface area (Å²) in [6, 6.07) is 8.83. The third-order valence-electron chi connectivity index (χ3n) is 3.68. The van der Waals surface area contributed by atoms with Crippen molar-refractivity contribution in [3.8, 4) is 0 Å². The Hall–Kier alpha value is -1.08. The zero-order valence-electron chi connectivity index (χ0n) is 9.00. The van der Waals surface area contributed by atoms with Gasteiger partial charge in [0.05, 0.1) is 0 Å². The number of fused-ring (bicyclic) bond motifs is 2. The van der Waals surface area contributed by atoms with E-state index in [2.05, 4.69) is 35.7 Å². The smallest absolute Gasteiger partial charge is 0.0170 e. The van der Waals surface area contributed by atoms with E-state index < -0.39 is 0 Å². The van der Waals surface area contributed by atoms with Crippen LogP contribution in [0.15, 0.2) is 29.8 Å². The van der Waals surface area contributed by atoms with Gasteiger partial charge in [-0.2, -0.15) is 0 Å². The molecule has 1 atom stereocenters. The van der Waals surface area contributed by atoms with Gasteiger partial charge in [-0.15, -0.1) is 0 Å². The lowest BCUT2D eigenvalue weighted by Gasteiger charge is -2.24. The Labute approximate surface area is 91.2 Å². The monoisotopic (exact) mass is 199 g/mol. The van der Waals surface area contributed by atoms with Gasteiger partial charge in [0.2, 0.25) is 0 Å². The SMILES string of the molecule is C1=C2CNCCC2CCc2ccccc21. The summed E-state index contributed by atoms with van der Waals surface area (Å²) in [7, 11) is 0. The van der Waals surface area contributed by atoms with Gasteiger partial charge in [0.1, 0.15) is 0 Å². The number of hydrogen-bond donors (Lipinski definition) is 1. The van der Waals surface area contributed by atoms with Gasteiger partial charge < -0.3 is 5.32 Å². The second-order valence-corrected chi connectivity index (χ2v) is 4.62. The Balaban J connectivity index is 2.00. The number of nitrogens with one attached hydrogen (secondary N) is 1. The van der Waals surface area contributed by atoms with Crippen LogP contribution in [0.3, 0.4) is 0 Å². The molecule has 1 nitrogen and oxygen atoms in total. The van der Waals surface area contributed by atoms with Crippen LogP contribution in [-0.4, -0.2) is 13.1 Å². The molecule has 1 fully saturated rings. The van der Waals surface area contributed by atoms with Crippen LogP contribution in [0, 0.1) is 5.92 Å². The van der Waals surface area contributed by atoms with Crippen molar-refractivity contribution < 1.29 is 0 Å². The first-order valence-electron chi connectivity index (χ1n) is 5.92. The van der Waals surface area contributed by atoms with E-state index in [1.165, 1.54) is 36.9 Å². The summed E-state index contributed by atoms with van der Waals surface area (Å²) in [6.07, 6.45) is 6.32. The molecule has 1 heterocycles. The van der Waals surface area contributed by atoms with E-state index in [0.29, 0.717) is 0 Å². The van der Waals surface area contributed by atoms with Crippen molar-refractivity contribution in [2.45, 2.75) is 19.3 Å². The van der Waals surface area contributed by atoms with Crippen LogP contribution in [0.25, 0.3) is 6.08 Å². The minimum absolute atomic E-state index is 0.832. The molecule has 0 spiro atoms. The summed E-state index contributed by atoms with van der Waals surface area (Å²) < 4.78 is 0. The van der Waals surface area contributed by atoms with Gasteiger partial charge in [0.25, 0.3) is 0 Å². The van der Waals surface area contributed by atoms with Crippen LogP contribution in [0.4, 0.5) is 0 Å². The summed E-state index contributed by atoms with van der Waals surface area (Å²) in [6.45, 7) is 2.29. The Bertz CT molecular complexity index is 392. The zero-order valence-corrected chi connectivity index (χ0v) is 9.00. The lowest BCUT2D eigenvalue weighted by molar-refractivity contribution is 0.447. The standard InChI is InChI=1S/C14H17N/c1-2-4-13-9-14-10-15-8-7-12(14)6-5-11(13)3-1/h1-4,9,12,15H,5-8,10H2. The fraction of sp³-hybridized carbons (Fsp3) is 0.429. The summed E-state index contributed by atoms with van der Waals surface area (Å²) in [5.74, 6) is 0.832. The second-order valence-electron chi connectivity index (χ2n) is 4.62. The molecule has 0 aromatic heterocycles. The minimum Gasteiger partial charge on any atom is -0.313 e. The molecule has 2 aliphatic rings. The van der Waals surface area contributed by atoms with Crippen LogP contribution in [-0.2, 0) is 6.42 Å². The summed E-state index contributed by atoms with van der Waals surface area (Å²) in [5.41, 5.74) is 4.59. The lowest BCUT2D eigenvalue weighted by atomic mass is 9.89. The molecule has 1 aliphatic heterocycles. The van der Waals surface area contributed by atoms with Crippen LogP contribution in [0.2, 0.25) is 0 Å². The first kappa shape index (κ1) is 9.17. The third kappa shape index (κ3) is 1.72. The first-order valence-corrected chi connectivity index (χ1v) is 5.92. The van der Waals surface area contributed by atoms with Crippen molar-refractivity contribution in [2.24, 2.45) is 5.92 Å². The summed E-state index contributed by atoms with van der Waals surface area (Å²) in [4.78, 5) is 0. The number of rotatable bonds is 0. The maximum absolute atomic E-state index is 3.47.